The molecule has 0 spiro atoms. The van der Waals surface area contributed by atoms with Gasteiger partial charge < -0.3 is 14.5 Å². The quantitative estimate of drug-likeness (QED) is 0.650. The molecule has 2 unspecified atom stereocenters. The van der Waals surface area contributed by atoms with Gasteiger partial charge in [-0.25, -0.2) is 4.98 Å². The molecule has 0 amide bonds. The second kappa shape index (κ2) is 4.39. The molecule has 0 saturated carbocycles. The van der Waals surface area contributed by atoms with Crippen LogP contribution in [0.3, 0.4) is 0 Å². The number of nitrogens with zero attached hydrogens (tertiary/aromatic N) is 1. The summed E-state index contributed by atoms with van der Waals surface area (Å²) in [6.07, 6.45) is 8.22. The predicted molar refractivity (Wildman–Crippen MR) is 47.3 cm³/mol. The topological polar surface area (TPSA) is 47.1 Å². The first kappa shape index (κ1) is 8.72. The van der Waals surface area contributed by atoms with Gasteiger partial charge in [-0.05, 0) is 12.8 Å². The highest BCUT2D eigenvalue weighted by molar-refractivity contribution is 4.81. The van der Waals surface area contributed by atoms with Crippen LogP contribution in [0.2, 0.25) is 0 Å². The first-order valence-corrected chi connectivity index (χ1v) is 4.63. The maximum Gasteiger partial charge on any atom is 0.0919 e. The Labute approximate surface area is 77.3 Å². The largest absolute Gasteiger partial charge is 0.375 e. The summed E-state index contributed by atoms with van der Waals surface area (Å²) in [5.74, 6) is 0. The van der Waals surface area contributed by atoms with E-state index in [0.29, 0.717) is 12.2 Å². The summed E-state index contributed by atoms with van der Waals surface area (Å²) in [6.45, 7) is 1.82. The molecule has 0 aliphatic carbocycles. The molecule has 1 N–H and O–H groups in total. The van der Waals surface area contributed by atoms with Crippen LogP contribution in [0.5, 0.6) is 0 Å². The Morgan fingerprint density at radius 2 is 1.85 bits per heavy atom. The first-order valence-electron chi connectivity index (χ1n) is 4.63. The highest BCUT2D eigenvalue weighted by Gasteiger charge is 2.33. The lowest BCUT2D eigenvalue weighted by atomic mass is 10.2. The number of fused-ring (bicyclic) bond motifs is 1. The number of imidazole rings is 1. The maximum absolute atomic E-state index is 5.35. The summed E-state index contributed by atoms with van der Waals surface area (Å²) < 4.78 is 10.7. The van der Waals surface area contributed by atoms with E-state index in [2.05, 4.69) is 9.97 Å². The molecule has 0 aromatic carbocycles. The number of nitrogens with one attached hydrogen (secondary N) is 1. The van der Waals surface area contributed by atoms with Crippen LogP contribution in [0.25, 0.3) is 0 Å². The summed E-state index contributed by atoms with van der Waals surface area (Å²) in [6, 6.07) is 0. The molecule has 4 heteroatoms. The lowest BCUT2D eigenvalue weighted by Crippen LogP contribution is -2.13. The Hall–Kier alpha value is -0.870. The Balaban J connectivity index is 0.000000113. The number of hydrogen-bond donors (Lipinski definition) is 1. The van der Waals surface area contributed by atoms with Gasteiger partial charge in [-0.1, -0.05) is 0 Å². The fraction of sp³-hybridized carbons (Fsp3) is 0.667. The average molecular weight is 182 g/mol. The van der Waals surface area contributed by atoms with Crippen LogP contribution >= 0.6 is 0 Å². The Bertz CT molecular complexity index is 188. The third kappa shape index (κ3) is 2.29. The SMILES string of the molecule is C1CC2OCCC2O1.c1c[nH]cn1. The molecule has 1 aromatic heterocycles. The molecule has 2 aliphatic heterocycles. The zero-order chi connectivity index (χ0) is 8.93. The fourth-order valence-corrected chi connectivity index (χ4v) is 1.64. The Morgan fingerprint density at radius 3 is 2.23 bits per heavy atom. The van der Waals surface area contributed by atoms with E-state index in [1.54, 1.807) is 18.7 Å². The van der Waals surface area contributed by atoms with Gasteiger partial charge in [0, 0.05) is 25.6 Å². The summed E-state index contributed by atoms with van der Waals surface area (Å²) in [4.78, 5) is 6.42. The molecule has 4 nitrogen and oxygen atoms in total. The van der Waals surface area contributed by atoms with E-state index in [9.17, 15) is 0 Å². The van der Waals surface area contributed by atoms with E-state index in [-0.39, 0.29) is 0 Å². The second-order valence-electron chi connectivity index (χ2n) is 3.16. The smallest absolute Gasteiger partial charge is 0.0919 e. The van der Waals surface area contributed by atoms with Crippen molar-refractivity contribution < 1.29 is 9.47 Å². The summed E-state index contributed by atoms with van der Waals surface area (Å²) in [7, 11) is 0. The average Bonchev–Trinajstić information content (AvgIpc) is 2.84. The van der Waals surface area contributed by atoms with Gasteiger partial charge in [0.15, 0.2) is 0 Å². The minimum absolute atomic E-state index is 0.454. The molecule has 13 heavy (non-hydrogen) atoms. The molecule has 2 aliphatic rings. The second-order valence-corrected chi connectivity index (χ2v) is 3.16. The van der Waals surface area contributed by atoms with Crippen molar-refractivity contribution in [2.75, 3.05) is 13.2 Å². The lowest BCUT2D eigenvalue weighted by Gasteiger charge is -2.03. The summed E-state index contributed by atoms with van der Waals surface area (Å²) >= 11 is 0. The molecular weight excluding hydrogens is 168 g/mol. The number of aromatic amines is 1. The van der Waals surface area contributed by atoms with E-state index in [0.717, 1.165) is 26.1 Å². The van der Waals surface area contributed by atoms with Crippen LogP contribution in [0.1, 0.15) is 12.8 Å². The van der Waals surface area contributed by atoms with Crippen molar-refractivity contribution >= 4 is 0 Å². The van der Waals surface area contributed by atoms with Gasteiger partial charge in [-0.2, -0.15) is 0 Å². The van der Waals surface area contributed by atoms with Gasteiger partial charge >= 0.3 is 0 Å². The van der Waals surface area contributed by atoms with Gasteiger partial charge in [0.1, 0.15) is 0 Å². The van der Waals surface area contributed by atoms with Crippen molar-refractivity contribution in [3.8, 4) is 0 Å². The fourth-order valence-electron chi connectivity index (χ4n) is 1.64. The molecule has 0 radical (unpaired) electrons. The third-order valence-corrected chi connectivity index (χ3v) is 2.29. The number of aromatic nitrogens is 2. The monoisotopic (exact) mass is 182 g/mol. The molecule has 3 rings (SSSR count). The number of ether oxygens (including phenoxy) is 2. The van der Waals surface area contributed by atoms with E-state index in [1.165, 1.54) is 0 Å². The van der Waals surface area contributed by atoms with Crippen LogP contribution in [0.4, 0.5) is 0 Å². The van der Waals surface area contributed by atoms with Crippen LogP contribution < -0.4 is 0 Å². The highest BCUT2D eigenvalue weighted by Crippen LogP contribution is 2.25. The van der Waals surface area contributed by atoms with Crippen LogP contribution in [0.15, 0.2) is 18.7 Å². The van der Waals surface area contributed by atoms with E-state index in [1.807, 2.05) is 0 Å². The predicted octanol–water partition coefficient (Wildman–Crippen LogP) is 0.974. The Kier molecular flexibility index (Phi) is 2.94. The minimum atomic E-state index is 0.454. The Morgan fingerprint density at radius 1 is 1.15 bits per heavy atom. The standard InChI is InChI=1S/C6H10O2.C3H4N2/c1-3-7-6-2-4-8-5(1)6;1-2-5-3-4-1/h5-6H,1-4H2;1-3H,(H,4,5). The summed E-state index contributed by atoms with van der Waals surface area (Å²) in [5.41, 5.74) is 0. The number of rotatable bonds is 0. The summed E-state index contributed by atoms with van der Waals surface area (Å²) in [5, 5.41) is 0. The highest BCUT2D eigenvalue weighted by atomic mass is 16.6. The van der Waals surface area contributed by atoms with Gasteiger partial charge in [-0.3, -0.25) is 0 Å². The van der Waals surface area contributed by atoms with Crippen molar-refractivity contribution in [2.45, 2.75) is 25.0 Å². The lowest BCUT2D eigenvalue weighted by molar-refractivity contribution is 0.0732. The normalized spacial score (nSPS) is 30.8. The number of hydrogen-bond acceptors (Lipinski definition) is 3. The first-order chi connectivity index (χ1) is 6.47. The molecule has 3 heterocycles. The third-order valence-electron chi connectivity index (χ3n) is 2.29. The van der Waals surface area contributed by atoms with Crippen molar-refractivity contribution in [1.29, 1.82) is 0 Å². The van der Waals surface area contributed by atoms with Crippen molar-refractivity contribution in [2.24, 2.45) is 0 Å². The zero-order valence-electron chi connectivity index (χ0n) is 7.48. The molecule has 2 saturated heterocycles. The van der Waals surface area contributed by atoms with Crippen molar-refractivity contribution in [1.82, 2.24) is 9.97 Å². The van der Waals surface area contributed by atoms with Gasteiger partial charge in [-0.15, -0.1) is 0 Å². The molecule has 0 bridgehead atoms. The van der Waals surface area contributed by atoms with Crippen molar-refractivity contribution in [3.63, 3.8) is 0 Å². The molecule has 2 atom stereocenters. The molecule has 1 aromatic rings. The van der Waals surface area contributed by atoms with E-state index in [4.69, 9.17) is 9.47 Å². The molecule has 72 valence electrons. The zero-order valence-corrected chi connectivity index (χ0v) is 7.48. The molecular formula is C9H14N2O2. The van der Waals surface area contributed by atoms with Crippen LogP contribution in [-0.2, 0) is 9.47 Å². The van der Waals surface area contributed by atoms with Crippen LogP contribution in [-0.4, -0.2) is 35.4 Å². The molecule has 2 fully saturated rings. The van der Waals surface area contributed by atoms with E-state index < -0.39 is 0 Å². The van der Waals surface area contributed by atoms with Crippen molar-refractivity contribution in [3.05, 3.63) is 18.7 Å². The maximum atomic E-state index is 5.35. The van der Waals surface area contributed by atoms with Gasteiger partial charge in [0.25, 0.3) is 0 Å². The van der Waals surface area contributed by atoms with E-state index >= 15 is 0 Å². The van der Waals surface area contributed by atoms with Gasteiger partial charge in [0.05, 0.1) is 18.5 Å². The van der Waals surface area contributed by atoms with Crippen LogP contribution in [0, 0.1) is 0 Å². The number of H-pyrrole nitrogens is 1. The minimum Gasteiger partial charge on any atom is -0.375 e. The van der Waals surface area contributed by atoms with Gasteiger partial charge in [0.2, 0.25) is 0 Å².